The Kier molecular flexibility index (Phi) is 42.2. The standard InChI is InChI=1S/C46H95NO2/c1-4-7-10-13-16-19-22-25-28-31-34-37-40-45(48)43-47(42-39-36-33-30-27-24-21-18-15-12-9-6-3)44-46(49)41-38-35-32-29-26-23-20-17-14-11-8-5-2/h45-46,48-49H,4-44H2,1-3H3. The summed E-state index contributed by atoms with van der Waals surface area (Å²) in [6, 6.07) is 0. The molecule has 0 aliphatic rings. The summed E-state index contributed by atoms with van der Waals surface area (Å²) in [6.07, 6.45) is 50.5. The lowest BCUT2D eigenvalue weighted by molar-refractivity contribution is 0.0596. The van der Waals surface area contributed by atoms with Crippen LogP contribution in [-0.2, 0) is 0 Å². The Hall–Kier alpha value is -0.120. The van der Waals surface area contributed by atoms with Crippen molar-refractivity contribution in [2.24, 2.45) is 0 Å². The van der Waals surface area contributed by atoms with Crippen molar-refractivity contribution >= 4 is 0 Å². The van der Waals surface area contributed by atoms with Crippen LogP contribution in [0.2, 0.25) is 0 Å². The van der Waals surface area contributed by atoms with Crippen molar-refractivity contribution in [3.8, 4) is 0 Å². The summed E-state index contributed by atoms with van der Waals surface area (Å²) in [5, 5.41) is 21.9. The third-order valence-electron chi connectivity index (χ3n) is 11.0. The maximum absolute atomic E-state index is 11.0. The zero-order valence-corrected chi connectivity index (χ0v) is 34.5. The molecule has 0 aromatic rings. The Balaban J connectivity index is 4.18. The monoisotopic (exact) mass is 694 g/mol. The molecule has 0 saturated carbocycles. The van der Waals surface area contributed by atoms with Crippen LogP contribution in [-0.4, -0.2) is 47.0 Å². The van der Waals surface area contributed by atoms with Gasteiger partial charge in [0.15, 0.2) is 0 Å². The second-order valence-corrected chi connectivity index (χ2v) is 16.3. The Morgan fingerprint density at radius 2 is 0.490 bits per heavy atom. The summed E-state index contributed by atoms with van der Waals surface area (Å²) in [6.45, 7) is 9.40. The Morgan fingerprint density at radius 1 is 0.286 bits per heavy atom. The van der Waals surface area contributed by atoms with Crippen LogP contribution < -0.4 is 0 Å². The van der Waals surface area contributed by atoms with Gasteiger partial charge in [-0.25, -0.2) is 0 Å². The van der Waals surface area contributed by atoms with Gasteiger partial charge in [-0.15, -0.1) is 0 Å². The van der Waals surface area contributed by atoms with Crippen molar-refractivity contribution in [3.05, 3.63) is 0 Å². The predicted octanol–water partition coefficient (Wildman–Crippen LogP) is 14.9. The fourth-order valence-corrected chi connectivity index (χ4v) is 7.65. The number of aliphatic hydroxyl groups is 2. The van der Waals surface area contributed by atoms with Gasteiger partial charge in [-0.05, 0) is 25.8 Å². The van der Waals surface area contributed by atoms with Crippen molar-refractivity contribution in [3.63, 3.8) is 0 Å². The molecule has 0 aliphatic carbocycles. The van der Waals surface area contributed by atoms with E-state index >= 15 is 0 Å². The van der Waals surface area contributed by atoms with E-state index < -0.39 is 0 Å². The van der Waals surface area contributed by atoms with Gasteiger partial charge in [0.25, 0.3) is 0 Å². The molecule has 0 amide bonds. The van der Waals surface area contributed by atoms with Crippen LogP contribution in [0, 0.1) is 0 Å². The molecule has 0 rings (SSSR count). The van der Waals surface area contributed by atoms with E-state index in [0.29, 0.717) is 0 Å². The third-order valence-corrected chi connectivity index (χ3v) is 11.0. The van der Waals surface area contributed by atoms with E-state index in [1.54, 1.807) is 0 Å². The molecule has 3 heteroatoms. The molecule has 0 fully saturated rings. The Morgan fingerprint density at radius 3 is 0.735 bits per heavy atom. The molecule has 0 radical (unpaired) electrons. The number of unbranched alkanes of at least 4 members (excludes halogenated alkanes) is 33. The van der Waals surface area contributed by atoms with Gasteiger partial charge in [-0.3, -0.25) is 4.90 Å². The van der Waals surface area contributed by atoms with Crippen LogP contribution in [0.4, 0.5) is 0 Å². The van der Waals surface area contributed by atoms with E-state index in [1.165, 1.54) is 218 Å². The van der Waals surface area contributed by atoms with E-state index in [1.807, 2.05) is 0 Å². The first-order valence-electron chi connectivity index (χ1n) is 23.2. The molecule has 0 aromatic carbocycles. The van der Waals surface area contributed by atoms with E-state index in [2.05, 4.69) is 25.7 Å². The summed E-state index contributed by atoms with van der Waals surface area (Å²) in [7, 11) is 0. The normalized spacial score (nSPS) is 13.1. The molecule has 2 N–H and O–H groups in total. The van der Waals surface area contributed by atoms with Crippen LogP contribution in [0.1, 0.15) is 265 Å². The largest absolute Gasteiger partial charge is 0.392 e. The van der Waals surface area contributed by atoms with Gasteiger partial charge in [0, 0.05) is 13.1 Å². The maximum Gasteiger partial charge on any atom is 0.0667 e. The average Bonchev–Trinajstić information content (AvgIpc) is 3.09. The minimum atomic E-state index is -0.251. The molecule has 0 saturated heterocycles. The number of aliphatic hydroxyl groups excluding tert-OH is 2. The maximum atomic E-state index is 11.0. The van der Waals surface area contributed by atoms with Gasteiger partial charge >= 0.3 is 0 Å². The highest BCUT2D eigenvalue weighted by Crippen LogP contribution is 2.17. The van der Waals surface area contributed by atoms with Crippen LogP contribution in [0.15, 0.2) is 0 Å². The minimum Gasteiger partial charge on any atom is -0.392 e. The summed E-state index contributed by atoms with van der Waals surface area (Å²) in [5.41, 5.74) is 0. The summed E-state index contributed by atoms with van der Waals surface area (Å²) in [4.78, 5) is 2.41. The lowest BCUT2D eigenvalue weighted by Crippen LogP contribution is -2.38. The highest BCUT2D eigenvalue weighted by atomic mass is 16.3. The van der Waals surface area contributed by atoms with E-state index in [4.69, 9.17) is 0 Å². The van der Waals surface area contributed by atoms with Gasteiger partial charge in [0.05, 0.1) is 12.2 Å². The summed E-state index contributed by atoms with van der Waals surface area (Å²) >= 11 is 0. The zero-order chi connectivity index (χ0) is 35.7. The first-order valence-corrected chi connectivity index (χ1v) is 23.2. The molecule has 296 valence electrons. The molecule has 0 heterocycles. The van der Waals surface area contributed by atoms with Crippen LogP contribution in [0.3, 0.4) is 0 Å². The van der Waals surface area contributed by atoms with Crippen molar-refractivity contribution in [2.75, 3.05) is 19.6 Å². The molecule has 2 atom stereocenters. The van der Waals surface area contributed by atoms with Gasteiger partial charge in [0.2, 0.25) is 0 Å². The van der Waals surface area contributed by atoms with Crippen LogP contribution in [0.25, 0.3) is 0 Å². The second kappa shape index (κ2) is 42.3. The topological polar surface area (TPSA) is 43.7 Å². The van der Waals surface area contributed by atoms with Crippen LogP contribution in [0.5, 0.6) is 0 Å². The van der Waals surface area contributed by atoms with Gasteiger partial charge in [-0.2, -0.15) is 0 Å². The van der Waals surface area contributed by atoms with Gasteiger partial charge in [-0.1, -0.05) is 245 Å². The third kappa shape index (κ3) is 40.5. The average molecular weight is 694 g/mol. The highest BCUT2D eigenvalue weighted by molar-refractivity contribution is 4.70. The predicted molar refractivity (Wildman–Crippen MR) is 221 cm³/mol. The van der Waals surface area contributed by atoms with Crippen molar-refractivity contribution in [1.29, 1.82) is 0 Å². The quantitative estimate of drug-likeness (QED) is 0.0625. The second-order valence-electron chi connectivity index (χ2n) is 16.3. The first-order chi connectivity index (χ1) is 24.1. The molecule has 0 spiro atoms. The Bertz CT molecular complexity index is 547. The minimum absolute atomic E-state index is 0.251. The molecule has 3 nitrogen and oxygen atoms in total. The summed E-state index contributed by atoms with van der Waals surface area (Å²) in [5.74, 6) is 0. The molecule has 0 aromatic heterocycles. The van der Waals surface area contributed by atoms with Crippen molar-refractivity contribution in [2.45, 2.75) is 277 Å². The lowest BCUT2D eigenvalue weighted by atomic mass is 10.0. The van der Waals surface area contributed by atoms with Gasteiger partial charge in [0.1, 0.15) is 0 Å². The molecule has 2 unspecified atom stereocenters. The fraction of sp³-hybridized carbons (Fsp3) is 1.00. The smallest absolute Gasteiger partial charge is 0.0667 e. The van der Waals surface area contributed by atoms with Crippen molar-refractivity contribution in [1.82, 2.24) is 4.90 Å². The molecule has 0 aliphatic heterocycles. The van der Waals surface area contributed by atoms with E-state index in [0.717, 1.165) is 45.3 Å². The fourth-order valence-electron chi connectivity index (χ4n) is 7.65. The van der Waals surface area contributed by atoms with E-state index in [-0.39, 0.29) is 12.2 Å². The highest BCUT2D eigenvalue weighted by Gasteiger charge is 2.16. The van der Waals surface area contributed by atoms with E-state index in [9.17, 15) is 10.2 Å². The number of nitrogens with zero attached hydrogens (tertiary/aromatic N) is 1. The zero-order valence-electron chi connectivity index (χ0n) is 34.5. The molecular formula is C46H95NO2. The molecule has 0 bridgehead atoms. The number of rotatable bonds is 43. The SMILES string of the molecule is CCCCCCCCCCCCCCC(O)CN(CCCCCCCCCCCCCC)CC(O)CCCCCCCCCCCCCC. The van der Waals surface area contributed by atoms with Crippen molar-refractivity contribution < 1.29 is 10.2 Å². The van der Waals surface area contributed by atoms with Gasteiger partial charge < -0.3 is 10.2 Å². The lowest BCUT2D eigenvalue weighted by Gasteiger charge is -2.27. The summed E-state index contributed by atoms with van der Waals surface area (Å²) < 4.78 is 0. The number of hydrogen-bond donors (Lipinski definition) is 2. The van der Waals surface area contributed by atoms with Crippen LogP contribution >= 0.6 is 0 Å². The Labute approximate surface area is 311 Å². The first kappa shape index (κ1) is 48.9. The number of hydrogen-bond acceptors (Lipinski definition) is 3. The molecular weight excluding hydrogens is 599 g/mol. The molecule has 49 heavy (non-hydrogen) atoms.